The average Bonchev–Trinajstić information content (AvgIpc) is 2.38. The summed E-state index contributed by atoms with van der Waals surface area (Å²) in [6.45, 7) is 4.91. The van der Waals surface area contributed by atoms with Crippen LogP contribution in [0.3, 0.4) is 0 Å². The number of benzene rings is 1. The van der Waals surface area contributed by atoms with Crippen molar-refractivity contribution in [1.29, 1.82) is 0 Å². The standard InChI is InChI=1S/C14H19N3O/c1-3-17(2)9-8-15-13-10-11-6-4-5-7-12(11)14(18)16-13/h4-7,10H,3,8-9H2,1-2H3,(H2,15,16,18). The Kier molecular flexibility index (Phi) is 3.99. The van der Waals surface area contributed by atoms with Gasteiger partial charge in [-0.2, -0.15) is 0 Å². The van der Waals surface area contributed by atoms with Crippen LogP contribution < -0.4 is 10.9 Å². The van der Waals surface area contributed by atoms with Gasteiger partial charge in [-0.05, 0) is 31.1 Å². The van der Waals surface area contributed by atoms with Crippen LogP contribution in [0.2, 0.25) is 0 Å². The summed E-state index contributed by atoms with van der Waals surface area (Å²) in [6, 6.07) is 9.58. The Morgan fingerprint density at radius 3 is 2.89 bits per heavy atom. The lowest BCUT2D eigenvalue weighted by atomic mass is 10.2. The second kappa shape index (κ2) is 5.69. The van der Waals surface area contributed by atoms with Gasteiger partial charge in [0.05, 0.1) is 0 Å². The van der Waals surface area contributed by atoms with Crippen LogP contribution in [-0.4, -0.2) is 36.6 Å². The maximum atomic E-state index is 11.8. The van der Waals surface area contributed by atoms with Gasteiger partial charge in [-0.3, -0.25) is 4.79 Å². The molecular weight excluding hydrogens is 226 g/mol. The van der Waals surface area contributed by atoms with Crippen molar-refractivity contribution >= 4 is 16.6 Å². The molecule has 1 aromatic heterocycles. The van der Waals surface area contributed by atoms with E-state index in [0.717, 1.165) is 36.2 Å². The number of aromatic amines is 1. The smallest absolute Gasteiger partial charge is 0.257 e. The molecule has 0 fully saturated rings. The summed E-state index contributed by atoms with van der Waals surface area (Å²) in [4.78, 5) is 16.9. The zero-order chi connectivity index (χ0) is 13.0. The highest BCUT2D eigenvalue weighted by Gasteiger charge is 2.01. The molecule has 0 atom stereocenters. The van der Waals surface area contributed by atoms with Crippen LogP contribution in [0.1, 0.15) is 6.92 Å². The number of anilines is 1. The third-order valence-corrected chi connectivity index (χ3v) is 3.10. The summed E-state index contributed by atoms with van der Waals surface area (Å²) in [5, 5.41) is 4.94. The summed E-state index contributed by atoms with van der Waals surface area (Å²) in [5.41, 5.74) is -0.0422. The number of hydrogen-bond donors (Lipinski definition) is 2. The molecule has 0 saturated carbocycles. The minimum absolute atomic E-state index is 0.0422. The van der Waals surface area contributed by atoms with Crippen LogP contribution in [0.4, 0.5) is 5.82 Å². The van der Waals surface area contributed by atoms with Crippen molar-refractivity contribution < 1.29 is 0 Å². The fourth-order valence-corrected chi connectivity index (χ4v) is 1.85. The molecule has 1 heterocycles. The van der Waals surface area contributed by atoms with E-state index in [9.17, 15) is 4.79 Å². The molecule has 0 aliphatic heterocycles. The number of aromatic nitrogens is 1. The van der Waals surface area contributed by atoms with Crippen LogP contribution in [-0.2, 0) is 0 Å². The third-order valence-electron chi connectivity index (χ3n) is 3.10. The first-order valence-electron chi connectivity index (χ1n) is 6.25. The van der Waals surface area contributed by atoms with Crippen LogP contribution in [0.25, 0.3) is 10.8 Å². The zero-order valence-electron chi connectivity index (χ0n) is 10.9. The molecule has 2 N–H and O–H groups in total. The van der Waals surface area contributed by atoms with Crippen molar-refractivity contribution in [2.45, 2.75) is 6.92 Å². The first kappa shape index (κ1) is 12.6. The molecule has 2 rings (SSSR count). The van der Waals surface area contributed by atoms with Gasteiger partial charge in [0.25, 0.3) is 5.56 Å². The van der Waals surface area contributed by atoms with Gasteiger partial charge in [0.2, 0.25) is 0 Å². The van der Waals surface area contributed by atoms with Gasteiger partial charge in [0, 0.05) is 18.5 Å². The van der Waals surface area contributed by atoms with E-state index in [4.69, 9.17) is 0 Å². The predicted octanol–water partition coefficient (Wildman–Crippen LogP) is 1.89. The molecule has 1 aromatic carbocycles. The minimum atomic E-state index is -0.0422. The molecule has 0 spiro atoms. The summed E-state index contributed by atoms with van der Waals surface area (Å²) in [6.07, 6.45) is 0. The molecule has 18 heavy (non-hydrogen) atoms. The van der Waals surface area contributed by atoms with E-state index < -0.39 is 0 Å². The molecule has 0 bridgehead atoms. The van der Waals surface area contributed by atoms with Crippen molar-refractivity contribution in [3.05, 3.63) is 40.7 Å². The topological polar surface area (TPSA) is 48.1 Å². The number of nitrogens with one attached hydrogen (secondary N) is 2. The van der Waals surface area contributed by atoms with Crippen LogP contribution in [0.5, 0.6) is 0 Å². The van der Waals surface area contributed by atoms with E-state index in [1.165, 1.54) is 0 Å². The summed E-state index contributed by atoms with van der Waals surface area (Å²) in [7, 11) is 2.07. The number of hydrogen-bond acceptors (Lipinski definition) is 3. The molecule has 0 radical (unpaired) electrons. The van der Waals surface area contributed by atoms with Crippen LogP contribution >= 0.6 is 0 Å². The summed E-state index contributed by atoms with van der Waals surface area (Å²) in [5.74, 6) is 0.781. The molecule has 0 saturated heterocycles. The molecule has 0 aliphatic carbocycles. The van der Waals surface area contributed by atoms with Crippen LogP contribution in [0, 0.1) is 0 Å². The maximum absolute atomic E-state index is 11.8. The molecule has 0 amide bonds. The third kappa shape index (κ3) is 2.90. The van der Waals surface area contributed by atoms with Crippen molar-refractivity contribution in [3.63, 3.8) is 0 Å². The van der Waals surface area contributed by atoms with E-state index in [1.807, 2.05) is 30.3 Å². The fourth-order valence-electron chi connectivity index (χ4n) is 1.85. The second-order valence-corrected chi connectivity index (χ2v) is 4.42. The van der Waals surface area contributed by atoms with E-state index in [2.05, 4.69) is 29.2 Å². The summed E-state index contributed by atoms with van der Waals surface area (Å²) >= 11 is 0. The number of fused-ring (bicyclic) bond motifs is 1. The zero-order valence-corrected chi connectivity index (χ0v) is 10.9. The maximum Gasteiger partial charge on any atom is 0.257 e. The Hall–Kier alpha value is -1.81. The first-order valence-corrected chi connectivity index (χ1v) is 6.25. The largest absolute Gasteiger partial charge is 0.370 e. The van der Waals surface area contributed by atoms with Crippen molar-refractivity contribution in [2.24, 2.45) is 0 Å². The molecule has 4 nitrogen and oxygen atoms in total. The van der Waals surface area contributed by atoms with Gasteiger partial charge in [-0.15, -0.1) is 0 Å². The Morgan fingerprint density at radius 1 is 1.33 bits per heavy atom. The van der Waals surface area contributed by atoms with Crippen LogP contribution in [0.15, 0.2) is 35.1 Å². The number of H-pyrrole nitrogens is 1. The van der Waals surface area contributed by atoms with Crippen molar-refractivity contribution in [2.75, 3.05) is 32.0 Å². The number of pyridine rings is 1. The minimum Gasteiger partial charge on any atom is -0.370 e. The lowest BCUT2D eigenvalue weighted by molar-refractivity contribution is 0.367. The molecule has 4 heteroatoms. The van der Waals surface area contributed by atoms with Crippen molar-refractivity contribution in [1.82, 2.24) is 9.88 Å². The highest BCUT2D eigenvalue weighted by atomic mass is 16.1. The Balaban J connectivity index is 2.12. The van der Waals surface area contributed by atoms with Gasteiger partial charge >= 0.3 is 0 Å². The van der Waals surface area contributed by atoms with Gasteiger partial charge in [-0.25, -0.2) is 0 Å². The molecule has 2 aromatic rings. The first-order chi connectivity index (χ1) is 8.70. The molecule has 0 aliphatic rings. The number of nitrogens with zero attached hydrogens (tertiary/aromatic N) is 1. The van der Waals surface area contributed by atoms with Gasteiger partial charge in [0.1, 0.15) is 5.82 Å². The lowest BCUT2D eigenvalue weighted by Gasteiger charge is -2.14. The van der Waals surface area contributed by atoms with Crippen molar-refractivity contribution in [3.8, 4) is 0 Å². The molecular formula is C14H19N3O. The highest BCUT2D eigenvalue weighted by Crippen LogP contribution is 2.12. The van der Waals surface area contributed by atoms with Gasteiger partial charge in [0.15, 0.2) is 0 Å². The predicted molar refractivity (Wildman–Crippen MR) is 76.2 cm³/mol. The van der Waals surface area contributed by atoms with Gasteiger partial charge < -0.3 is 15.2 Å². The second-order valence-electron chi connectivity index (χ2n) is 4.42. The SMILES string of the molecule is CCN(C)CCNc1cc2ccccc2c(=O)[nH]1. The fraction of sp³-hybridized carbons (Fsp3) is 0.357. The lowest BCUT2D eigenvalue weighted by Crippen LogP contribution is -2.25. The van der Waals surface area contributed by atoms with Gasteiger partial charge in [-0.1, -0.05) is 25.1 Å². The Morgan fingerprint density at radius 2 is 2.11 bits per heavy atom. The average molecular weight is 245 g/mol. The Bertz CT molecular complexity index is 577. The Labute approximate surface area is 107 Å². The van der Waals surface area contributed by atoms with E-state index in [-0.39, 0.29) is 5.56 Å². The van der Waals surface area contributed by atoms with E-state index in [0.29, 0.717) is 0 Å². The number of rotatable bonds is 5. The molecule has 0 unspecified atom stereocenters. The van der Waals surface area contributed by atoms with E-state index >= 15 is 0 Å². The summed E-state index contributed by atoms with van der Waals surface area (Å²) < 4.78 is 0. The monoisotopic (exact) mass is 245 g/mol. The quantitative estimate of drug-likeness (QED) is 0.845. The van der Waals surface area contributed by atoms with E-state index in [1.54, 1.807) is 0 Å². The molecule has 96 valence electrons. The number of likely N-dealkylation sites (N-methyl/N-ethyl adjacent to an activating group) is 1. The normalized spacial score (nSPS) is 11.1. The highest BCUT2D eigenvalue weighted by molar-refractivity contribution is 5.83.